The lowest BCUT2D eigenvalue weighted by molar-refractivity contribution is 0.0753. The topological polar surface area (TPSA) is 103 Å². The molecule has 0 spiro atoms. The second-order valence-electron chi connectivity index (χ2n) is 6.46. The Kier molecular flexibility index (Phi) is 4.11. The van der Waals surface area contributed by atoms with E-state index in [0.29, 0.717) is 36.6 Å². The van der Waals surface area contributed by atoms with Crippen LogP contribution >= 0.6 is 0 Å². The van der Waals surface area contributed by atoms with Crippen LogP contribution in [-0.4, -0.2) is 26.1 Å². The lowest BCUT2D eigenvalue weighted by Crippen LogP contribution is -2.22. The van der Waals surface area contributed by atoms with E-state index in [-0.39, 0.29) is 6.04 Å². The van der Waals surface area contributed by atoms with Gasteiger partial charge in [-0.05, 0) is 12.0 Å². The maximum Gasteiger partial charge on any atom is 0.165 e. The van der Waals surface area contributed by atoms with Crippen molar-refractivity contribution in [2.75, 3.05) is 12.3 Å². The molecule has 130 valence electrons. The molecule has 0 radical (unpaired) electrons. The number of fused-ring (bicyclic) bond motifs is 1. The molecule has 7 nitrogen and oxygen atoms in total. The van der Waals surface area contributed by atoms with Gasteiger partial charge >= 0.3 is 0 Å². The van der Waals surface area contributed by atoms with Crippen LogP contribution in [-0.2, 0) is 11.3 Å². The Hall–Kier alpha value is -3.24. The first-order valence-corrected chi connectivity index (χ1v) is 8.36. The molecule has 0 fully saturated rings. The molecule has 1 aromatic carbocycles. The van der Waals surface area contributed by atoms with Crippen LogP contribution < -0.4 is 5.73 Å². The summed E-state index contributed by atoms with van der Waals surface area (Å²) in [5.41, 5.74) is 7.53. The molecular formula is C19H18N6O. The van der Waals surface area contributed by atoms with Crippen LogP contribution in [0.2, 0.25) is 0 Å². The number of anilines is 1. The average molecular weight is 346 g/mol. The Morgan fingerprint density at radius 3 is 2.92 bits per heavy atom. The van der Waals surface area contributed by atoms with E-state index in [1.807, 2.05) is 47.1 Å². The van der Waals surface area contributed by atoms with Crippen molar-refractivity contribution in [3.8, 4) is 6.07 Å². The lowest BCUT2D eigenvalue weighted by atomic mass is 9.89. The van der Waals surface area contributed by atoms with Crippen LogP contribution in [0.1, 0.15) is 18.0 Å². The van der Waals surface area contributed by atoms with Crippen LogP contribution in [0.3, 0.4) is 0 Å². The first-order chi connectivity index (χ1) is 12.7. The maximum atomic E-state index is 9.73. The number of rotatable bonds is 5. The molecule has 2 aromatic heterocycles. The van der Waals surface area contributed by atoms with Crippen molar-refractivity contribution in [1.82, 2.24) is 19.5 Å². The molecule has 0 aliphatic heterocycles. The van der Waals surface area contributed by atoms with E-state index in [2.05, 4.69) is 21.0 Å². The van der Waals surface area contributed by atoms with Crippen LogP contribution in [0.25, 0.3) is 11.2 Å². The molecule has 4 rings (SSSR count). The molecule has 1 aliphatic carbocycles. The van der Waals surface area contributed by atoms with Crippen molar-refractivity contribution in [3.63, 3.8) is 0 Å². The Balaban J connectivity index is 1.48. The van der Waals surface area contributed by atoms with Gasteiger partial charge in [0.05, 0.1) is 31.7 Å². The fourth-order valence-electron chi connectivity index (χ4n) is 3.26. The number of nitrogens with two attached hydrogens (primary N) is 1. The van der Waals surface area contributed by atoms with Gasteiger partial charge < -0.3 is 15.0 Å². The van der Waals surface area contributed by atoms with Crippen molar-refractivity contribution in [2.24, 2.45) is 5.41 Å². The summed E-state index contributed by atoms with van der Waals surface area (Å²) in [6.07, 6.45) is 7.67. The van der Waals surface area contributed by atoms with Crippen molar-refractivity contribution in [3.05, 3.63) is 60.7 Å². The van der Waals surface area contributed by atoms with Gasteiger partial charge in [0, 0.05) is 0 Å². The summed E-state index contributed by atoms with van der Waals surface area (Å²) in [6, 6.07) is 12.3. The summed E-state index contributed by atoms with van der Waals surface area (Å²) in [6.45, 7) is 0.829. The normalized spacial score (nSPS) is 21.9. The van der Waals surface area contributed by atoms with Gasteiger partial charge in [0.2, 0.25) is 0 Å². The van der Waals surface area contributed by atoms with Crippen LogP contribution in [0.15, 0.2) is 55.1 Å². The Morgan fingerprint density at radius 1 is 1.27 bits per heavy atom. The first kappa shape index (κ1) is 16.2. The predicted molar refractivity (Wildman–Crippen MR) is 96.7 cm³/mol. The highest BCUT2D eigenvalue weighted by Crippen LogP contribution is 2.39. The van der Waals surface area contributed by atoms with Gasteiger partial charge in [0.25, 0.3) is 0 Å². The standard InChI is InChI=1S/C19H18N6O/c20-10-19(11-26-9-14-4-2-1-3-5-14)7-6-15(8-19)25-13-24-16-17(21)22-12-23-18(16)25/h1-7,12-13,15H,8-9,11H2,(H2,21,22,23)/t15-,19+/m1/s1. The number of allylic oxidation sites excluding steroid dienone is 1. The molecule has 2 N–H and O–H groups in total. The summed E-state index contributed by atoms with van der Waals surface area (Å²) >= 11 is 0. The number of hydrogen-bond donors (Lipinski definition) is 1. The number of ether oxygens (including phenoxy) is 1. The summed E-state index contributed by atoms with van der Waals surface area (Å²) in [5, 5.41) is 9.73. The second-order valence-corrected chi connectivity index (χ2v) is 6.46. The number of nitrogen functional groups attached to an aromatic ring is 1. The molecule has 0 saturated carbocycles. The zero-order valence-electron chi connectivity index (χ0n) is 14.1. The van der Waals surface area contributed by atoms with Crippen LogP contribution in [0, 0.1) is 16.7 Å². The van der Waals surface area contributed by atoms with Gasteiger partial charge in [-0.1, -0.05) is 42.5 Å². The zero-order valence-corrected chi connectivity index (χ0v) is 14.1. The molecule has 1 aliphatic rings. The summed E-state index contributed by atoms with van der Waals surface area (Å²) in [7, 11) is 0. The van der Waals surface area contributed by atoms with Crippen molar-refractivity contribution in [2.45, 2.75) is 19.1 Å². The highest BCUT2D eigenvalue weighted by molar-refractivity contribution is 5.81. The number of aromatic nitrogens is 4. The molecule has 0 saturated heterocycles. The lowest BCUT2D eigenvalue weighted by Gasteiger charge is -2.21. The van der Waals surface area contributed by atoms with Gasteiger partial charge in [-0.3, -0.25) is 0 Å². The van der Waals surface area contributed by atoms with E-state index < -0.39 is 5.41 Å². The third-order valence-corrected chi connectivity index (χ3v) is 4.65. The molecule has 2 atom stereocenters. The predicted octanol–water partition coefficient (Wildman–Crippen LogP) is 2.64. The smallest absolute Gasteiger partial charge is 0.165 e. The zero-order chi connectivity index (χ0) is 18.0. The van der Waals surface area contributed by atoms with Crippen LogP contribution in [0.5, 0.6) is 0 Å². The SMILES string of the molecule is N#C[C@]1(COCc2ccccc2)C=C[C@@H](n2cnc3c(N)ncnc32)C1. The monoisotopic (exact) mass is 346 g/mol. The molecule has 0 unspecified atom stereocenters. The van der Waals surface area contributed by atoms with Crippen molar-refractivity contribution in [1.29, 1.82) is 5.26 Å². The number of benzene rings is 1. The molecule has 0 bridgehead atoms. The number of nitriles is 1. The third kappa shape index (κ3) is 2.91. The molecule has 2 heterocycles. The van der Waals surface area contributed by atoms with Gasteiger partial charge in [-0.25, -0.2) is 15.0 Å². The van der Waals surface area contributed by atoms with E-state index in [4.69, 9.17) is 10.5 Å². The van der Waals surface area contributed by atoms with Crippen molar-refractivity contribution >= 4 is 17.0 Å². The van der Waals surface area contributed by atoms with Crippen molar-refractivity contribution < 1.29 is 4.74 Å². The van der Waals surface area contributed by atoms with Crippen LogP contribution in [0.4, 0.5) is 5.82 Å². The minimum Gasteiger partial charge on any atom is -0.382 e. The van der Waals surface area contributed by atoms with Gasteiger partial charge in [0.1, 0.15) is 17.3 Å². The first-order valence-electron chi connectivity index (χ1n) is 8.36. The van der Waals surface area contributed by atoms with E-state index >= 15 is 0 Å². The summed E-state index contributed by atoms with van der Waals surface area (Å²) in [5.74, 6) is 0.355. The second kappa shape index (κ2) is 6.58. The molecule has 0 amide bonds. The number of hydrogen-bond acceptors (Lipinski definition) is 6. The molecular weight excluding hydrogens is 328 g/mol. The summed E-state index contributed by atoms with van der Waals surface area (Å²) < 4.78 is 7.76. The number of nitrogens with zero attached hydrogens (tertiary/aromatic N) is 5. The molecule has 3 aromatic rings. The highest BCUT2D eigenvalue weighted by Gasteiger charge is 2.36. The third-order valence-electron chi connectivity index (χ3n) is 4.65. The Labute approximate surface area is 150 Å². The minimum absolute atomic E-state index is 0.0192. The molecule has 7 heteroatoms. The molecule has 26 heavy (non-hydrogen) atoms. The van der Waals surface area contributed by atoms with E-state index in [1.54, 1.807) is 6.33 Å². The highest BCUT2D eigenvalue weighted by atomic mass is 16.5. The number of imidazole rings is 1. The van der Waals surface area contributed by atoms with Gasteiger partial charge in [0.15, 0.2) is 11.5 Å². The largest absolute Gasteiger partial charge is 0.382 e. The fourth-order valence-corrected chi connectivity index (χ4v) is 3.26. The van der Waals surface area contributed by atoms with Gasteiger partial charge in [-0.2, -0.15) is 5.26 Å². The maximum absolute atomic E-state index is 9.73. The average Bonchev–Trinajstić information content (AvgIpc) is 3.28. The van der Waals surface area contributed by atoms with E-state index in [9.17, 15) is 5.26 Å². The van der Waals surface area contributed by atoms with E-state index in [1.165, 1.54) is 6.33 Å². The van der Waals surface area contributed by atoms with Gasteiger partial charge in [-0.15, -0.1) is 0 Å². The van der Waals surface area contributed by atoms with E-state index in [0.717, 1.165) is 5.56 Å². The minimum atomic E-state index is -0.658. The quantitative estimate of drug-likeness (QED) is 0.712. The Bertz CT molecular complexity index is 990. The fraction of sp³-hybridized carbons (Fsp3) is 0.263. The summed E-state index contributed by atoms with van der Waals surface area (Å²) in [4.78, 5) is 12.5. The Morgan fingerprint density at radius 2 is 2.12 bits per heavy atom.